The maximum absolute atomic E-state index is 13.3. The van der Waals surface area contributed by atoms with E-state index in [-0.39, 0.29) is 5.56 Å². The molecule has 1 atom stereocenters. The van der Waals surface area contributed by atoms with Gasteiger partial charge in [-0.3, -0.25) is 14.3 Å². The SMILES string of the molecule is O=c1c2c3c(sc2ncn1Cc1ccccc1Cl)CC(NCc1cnc2ccccc2c1)CC3. The second-order valence-corrected chi connectivity index (χ2v) is 10.3. The van der Waals surface area contributed by atoms with Crippen molar-refractivity contribution >= 4 is 44.1 Å². The summed E-state index contributed by atoms with van der Waals surface area (Å²) in [5, 5.41) is 6.31. The van der Waals surface area contributed by atoms with Crippen LogP contribution in [0.4, 0.5) is 0 Å². The Morgan fingerprint density at radius 2 is 1.97 bits per heavy atom. The van der Waals surface area contributed by atoms with Gasteiger partial charge in [-0.1, -0.05) is 48.0 Å². The lowest BCUT2D eigenvalue weighted by atomic mass is 9.93. The summed E-state index contributed by atoms with van der Waals surface area (Å²) in [5.41, 5.74) is 4.33. The quantitative estimate of drug-likeness (QED) is 0.363. The Morgan fingerprint density at radius 1 is 1.12 bits per heavy atom. The van der Waals surface area contributed by atoms with Gasteiger partial charge in [0.1, 0.15) is 4.83 Å². The highest BCUT2D eigenvalue weighted by molar-refractivity contribution is 7.18. The Kier molecular flexibility index (Phi) is 5.65. The molecule has 1 aliphatic carbocycles. The van der Waals surface area contributed by atoms with Gasteiger partial charge in [0.2, 0.25) is 0 Å². The average Bonchev–Trinajstić information content (AvgIpc) is 3.24. The first kappa shape index (κ1) is 21.5. The van der Waals surface area contributed by atoms with Crippen molar-refractivity contribution in [3.8, 4) is 0 Å². The summed E-state index contributed by atoms with van der Waals surface area (Å²) >= 11 is 7.97. The molecule has 1 N–H and O–H groups in total. The molecule has 0 radical (unpaired) electrons. The molecule has 5 nitrogen and oxygen atoms in total. The molecule has 0 bridgehead atoms. The Balaban J connectivity index is 1.21. The van der Waals surface area contributed by atoms with Gasteiger partial charge < -0.3 is 5.32 Å². The minimum absolute atomic E-state index is 0.0241. The molecule has 6 rings (SSSR count). The molecule has 0 amide bonds. The molecule has 0 spiro atoms. The van der Waals surface area contributed by atoms with Crippen molar-refractivity contribution < 1.29 is 0 Å². The summed E-state index contributed by atoms with van der Waals surface area (Å²) < 4.78 is 1.67. The van der Waals surface area contributed by atoms with Gasteiger partial charge in [0, 0.05) is 34.1 Å². The van der Waals surface area contributed by atoms with Gasteiger partial charge in [-0.05, 0) is 54.2 Å². The minimum atomic E-state index is 0.0241. The lowest BCUT2D eigenvalue weighted by Crippen LogP contribution is -2.33. The lowest BCUT2D eigenvalue weighted by Gasteiger charge is -2.23. The molecule has 2 aromatic carbocycles. The molecule has 1 aliphatic rings. The number of benzene rings is 2. The number of rotatable bonds is 5. The molecule has 1 unspecified atom stereocenters. The van der Waals surface area contributed by atoms with Crippen LogP contribution in [0.1, 0.15) is 28.0 Å². The standard InChI is InChI=1S/C27H23ClN4OS/c28-22-7-3-1-6-19(22)15-32-16-31-26-25(27(32)33)21-10-9-20(12-24(21)34-26)29-13-17-11-18-5-2-4-8-23(18)30-14-17/h1-8,11,14,16,20,29H,9-10,12-13,15H2. The van der Waals surface area contributed by atoms with Crippen molar-refractivity contribution in [1.82, 2.24) is 19.9 Å². The number of aromatic nitrogens is 3. The number of hydrogen-bond acceptors (Lipinski definition) is 5. The topological polar surface area (TPSA) is 59.8 Å². The van der Waals surface area contributed by atoms with Gasteiger partial charge in [0.15, 0.2) is 0 Å². The van der Waals surface area contributed by atoms with E-state index in [1.165, 1.54) is 16.0 Å². The zero-order valence-electron chi connectivity index (χ0n) is 18.5. The number of nitrogens with zero attached hydrogens (tertiary/aromatic N) is 3. The molecule has 0 saturated heterocycles. The normalized spacial score (nSPS) is 15.6. The predicted octanol–water partition coefficient (Wildman–Crippen LogP) is 5.36. The van der Waals surface area contributed by atoms with Crippen LogP contribution in [0.15, 0.2) is 71.9 Å². The van der Waals surface area contributed by atoms with E-state index < -0.39 is 0 Å². The van der Waals surface area contributed by atoms with Crippen molar-refractivity contribution in [3.05, 3.63) is 104 Å². The number of halogens is 1. The maximum Gasteiger partial charge on any atom is 0.262 e. The second-order valence-electron chi connectivity index (χ2n) is 8.81. The molecular formula is C27H23ClN4OS. The fraction of sp³-hybridized carbons (Fsp3) is 0.222. The molecule has 0 aliphatic heterocycles. The van der Waals surface area contributed by atoms with Crippen LogP contribution >= 0.6 is 22.9 Å². The number of hydrogen-bond donors (Lipinski definition) is 1. The van der Waals surface area contributed by atoms with E-state index in [9.17, 15) is 4.79 Å². The average molecular weight is 487 g/mol. The van der Waals surface area contributed by atoms with E-state index in [2.05, 4.69) is 27.4 Å². The van der Waals surface area contributed by atoms with Crippen molar-refractivity contribution in [1.29, 1.82) is 0 Å². The van der Waals surface area contributed by atoms with Gasteiger partial charge in [-0.25, -0.2) is 4.98 Å². The van der Waals surface area contributed by atoms with E-state index >= 15 is 0 Å². The van der Waals surface area contributed by atoms with Gasteiger partial charge in [-0.15, -0.1) is 11.3 Å². The van der Waals surface area contributed by atoms with Crippen LogP contribution < -0.4 is 10.9 Å². The number of para-hydroxylation sites is 1. The third-order valence-corrected chi connectivity index (χ3v) is 8.11. The van der Waals surface area contributed by atoms with Crippen molar-refractivity contribution in [2.75, 3.05) is 0 Å². The third kappa shape index (κ3) is 4.02. The fourth-order valence-corrected chi connectivity index (χ4v) is 6.23. The molecule has 7 heteroatoms. The first-order valence-electron chi connectivity index (χ1n) is 11.5. The van der Waals surface area contributed by atoms with Crippen LogP contribution in [-0.2, 0) is 25.9 Å². The number of fused-ring (bicyclic) bond motifs is 4. The Labute approximate surface area is 206 Å². The molecule has 0 saturated carbocycles. The molecule has 170 valence electrons. The van der Waals surface area contributed by atoms with E-state index in [0.717, 1.165) is 52.5 Å². The second kappa shape index (κ2) is 8.95. The van der Waals surface area contributed by atoms with Gasteiger partial charge in [-0.2, -0.15) is 0 Å². The molecule has 3 aromatic heterocycles. The number of pyridine rings is 1. The highest BCUT2D eigenvalue weighted by atomic mass is 35.5. The number of aryl methyl sites for hydroxylation is 1. The van der Waals surface area contributed by atoms with Gasteiger partial charge in [0.25, 0.3) is 5.56 Å². The largest absolute Gasteiger partial charge is 0.309 e. The highest BCUT2D eigenvalue weighted by Crippen LogP contribution is 2.34. The lowest BCUT2D eigenvalue weighted by molar-refractivity contribution is 0.462. The smallest absolute Gasteiger partial charge is 0.262 e. The Morgan fingerprint density at radius 3 is 2.88 bits per heavy atom. The van der Waals surface area contributed by atoms with Crippen LogP contribution in [0.2, 0.25) is 5.02 Å². The fourth-order valence-electron chi connectivity index (χ4n) is 4.77. The van der Waals surface area contributed by atoms with Crippen LogP contribution in [0, 0.1) is 0 Å². The van der Waals surface area contributed by atoms with Crippen LogP contribution in [0.25, 0.3) is 21.1 Å². The summed E-state index contributed by atoms with van der Waals surface area (Å²) in [5.74, 6) is 0. The zero-order chi connectivity index (χ0) is 23.1. The van der Waals surface area contributed by atoms with Crippen molar-refractivity contribution in [2.24, 2.45) is 0 Å². The monoisotopic (exact) mass is 486 g/mol. The Hall–Kier alpha value is -3.06. The van der Waals surface area contributed by atoms with E-state index in [0.29, 0.717) is 17.6 Å². The minimum Gasteiger partial charge on any atom is -0.309 e. The van der Waals surface area contributed by atoms with Gasteiger partial charge in [0.05, 0.1) is 23.8 Å². The van der Waals surface area contributed by atoms with E-state index in [1.807, 2.05) is 48.7 Å². The summed E-state index contributed by atoms with van der Waals surface area (Å²) in [6.45, 7) is 1.21. The van der Waals surface area contributed by atoms with E-state index in [1.54, 1.807) is 22.2 Å². The maximum atomic E-state index is 13.3. The summed E-state index contributed by atoms with van der Waals surface area (Å²) in [4.78, 5) is 24.7. The predicted molar refractivity (Wildman–Crippen MR) is 139 cm³/mol. The van der Waals surface area contributed by atoms with Crippen LogP contribution in [0.5, 0.6) is 0 Å². The highest BCUT2D eigenvalue weighted by Gasteiger charge is 2.25. The first-order chi connectivity index (χ1) is 16.7. The number of nitrogens with one attached hydrogen (secondary N) is 1. The Bertz CT molecular complexity index is 1570. The van der Waals surface area contributed by atoms with Crippen molar-refractivity contribution in [3.63, 3.8) is 0 Å². The zero-order valence-corrected chi connectivity index (χ0v) is 20.1. The third-order valence-electron chi connectivity index (χ3n) is 6.58. The van der Waals surface area contributed by atoms with Gasteiger partial charge >= 0.3 is 0 Å². The molecule has 0 fully saturated rings. The summed E-state index contributed by atoms with van der Waals surface area (Å²) in [7, 11) is 0. The van der Waals surface area contributed by atoms with E-state index in [4.69, 9.17) is 11.6 Å². The molecule has 34 heavy (non-hydrogen) atoms. The molecule has 3 heterocycles. The number of thiophene rings is 1. The first-order valence-corrected chi connectivity index (χ1v) is 12.7. The molecular weight excluding hydrogens is 464 g/mol. The molecule has 5 aromatic rings. The van der Waals surface area contributed by atoms with Crippen molar-refractivity contribution in [2.45, 2.75) is 38.4 Å². The van der Waals surface area contributed by atoms with Crippen LogP contribution in [-0.4, -0.2) is 20.6 Å². The van der Waals surface area contributed by atoms with Crippen LogP contribution in [0.3, 0.4) is 0 Å². The summed E-state index contributed by atoms with van der Waals surface area (Å²) in [6.07, 6.45) is 6.41. The summed E-state index contributed by atoms with van der Waals surface area (Å²) in [6, 6.07) is 18.4.